The Morgan fingerprint density at radius 1 is 1.19 bits per heavy atom. The highest BCUT2D eigenvalue weighted by Crippen LogP contribution is 2.32. The molecule has 1 aromatic rings. The quantitative estimate of drug-likeness (QED) is 0.270. The van der Waals surface area contributed by atoms with Gasteiger partial charge >= 0.3 is 6.09 Å². The zero-order valence-electron chi connectivity index (χ0n) is 21.9. The molecule has 0 heterocycles. The van der Waals surface area contributed by atoms with Gasteiger partial charge in [0.05, 0.1) is 0 Å². The number of amides is 4. The van der Waals surface area contributed by atoms with Crippen LogP contribution in [0.3, 0.4) is 0 Å². The van der Waals surface area contributed by atoms with E-state index >= 15 is 0 Å². The van der Waals surface area contributed by atoms with Crippen LogP contribution in [-0.2, 0) is 19.1 Å². The van der Waals surface area contributed by atoms with Gasteiger partial charge in [-0.2, -0.15) is 0 Å². The largest absolute Gasteiger partial charge is 0.507 e. The van der Waals surface area contributed by atoms with E-state index in [4.69, 9.17) is 16.9 Å². The number of hydrogen-bond donors (Lipinski definition) is 4. The highest BCUT2D eigenvalue weighted by Gasteiger charge is 2.37. The van der Waals surface area contributed by atoms with Crippen molar-refractivity contribution in [1.82, 2.24) is 15.5 Å². The van der Waals surface area contributed by atoms with Gasteiger partial charge in [0.15, 0.2) is 6.04 Å². The van der Waals surface area contributed by atoms with Crippen LogP contribution in [0, 0.1) is 19.4 Å². The molecule has 3 unspecified atom stereocenters. The van der Waals surface area contributed by atoms with Gasteiger partial charge < -0.3 is 26.2 Å². The molecule has 0 aliphatic heterocycles. The summed E-state index contributed by atoms with van der Waals surface area (Å²) in [6.45, 7) is 10.4. The van der Waals surface area contributed by atoms with Crippen LogP contribution in [0.5, 0.6) is 5.75 Å². The molecule has 3 atom stereocenters. The molecule has 0 saturated heterocycles. The van der Waals surface area contributed by atoms with Crippen molar-refractivity contribution in [2.75, 3.05) is 0 Å². The molecular weight excluding hydrogens is 464 g/mol. The first-order valence-electron chi connectivity index (χ1n) is 11.9. The number of benzene rings is 1. The molecule has 36 heavy (non-hydrogen) atoms. The molecule has 0 spiro atoms. The lowest BCUT2D eigenvalue weighted by molar-refractivity contribution is -0.139. The Balaban J connectivity index is 3.47. The summed E-state index contributed by atoms with van der Waals surface area (Å²) in [6.07, 6.45) is 5.90. The van der Waals surface area contributed by atoms with Crippen molar-refractivity contribution < 1.29 is 29.0 Å². The molecule has 10 nitrogen and oxygen atoms in total. The van der Waals surface area contributed by atoms with Crippen LogP contribution in [-0.4, -0.2) is 51.5 Å². The summed E-state index contributed by atoms with van der Waals surface area (Å²) in [5, 5.41) is 16.0. The van der Waals surface area contributed by atoms with E-state index in [1.807, 2.05) is 13.8 Å². The fourth-order valence-corrected chi connectivity index (χ4v) is 3.55. The van der Waals surface area contributed by atoms with Crippen molar-refractivity contribution in [3.05, 3.63) is 29.3 Å². The minimum absolute atomic E-state index is 0.119. The van der Waals surface area contributed by atoms with Gasteiger partial charge in [-0.1, -0.05) is 38.0 Å². The number of rotatable bonds is 11. The van der Waals surface area contributed by atoms with Crippen LogP contribution in [0.4, 0.5) is 4.79 Å². The van der Waals surface area contributed by atoms with Crippen LogP contribution in [0.2, 0.25) is 0 Å². The maximum atomic E-state index is 13.6. The standard InChI is InChI=1S/C26H38N4O6/c1-8-11-17(4)28-23(33)21(18-13-10-12-16(3)22(18)32)30(9-2)24(34)19(14-15-20(27)31)29-25(35)36-26(5,6)7/h2,10,12-13,17,19,21,32H,8,11,14-15H2,1,3-7H3,(H2,27,31)(H,28,33)(H,29,35). The summed E-state index contributed by atoms with van der Waals surface area (Å²) in [5.41, 5.74) is 5.01. The normalized spacial score (nSPS) is 13.5. The molecule has 0 aliphatic rings. The SMILES string of the molecule is C#CN(C(=O)C(CCC(N)=O)NC(=O)OC(C)(C)C)C(C(=O)NC(C)CCC)c1cccc(C)c1O. The van der Waals surface area contributed by atoms with Crippen molar-refractivity contribution in [2.24, 2.45) is 5.73 Å². The van der Waals surface area contributed by atoms with Gasteiger partial charge in [0.25, 0.3) is 5.91 Å². The third kappa shape index (κ3) is 9.13. The van der Waals surface area contributed by atoms with E-state index in [0.717, 1.165) is 11.3 Å². The maximum Gasteiger partial charge on any atom is 0.408 e. The summed E-state index contributed by atoms with van der Waals surface area (Å²) in [5.74, 6) is -2.32. The topological polar surface area (TPSA) is 151 Å². The van der Waals surface area contributed by atoms with E-state index in [2.05, 4.69) is 16.7 Å². The number of primary amides is 1. The predicted octanol–water partition coefficient (Wildman–Crippen LogP) is 2.62. The van der Waals surface area contributed by atoms with Crippen molar-refractivity contribution in [1.29, 1.82) is 0 Å². The minimum atomic E-state index is -1.40. The smallest absolute Gasteiger partial charge is 0.408 e. The Hall–Kier alpha value is -3.74. The Kier molecular flexibility index (Phi) is 11.3. The fourth-order valence-electron chi connectivity index (χ4n) is 3.55. The highest BCUT2D eigenvalue weighted by molar-refractivity contribution is 5.94. The van der Waals surface area contributed by atoms with Crippen LogP contribution in [0.1, 0.15) is 77.5 Å². The number of carbonyl (C=O) groups is 4. The van der Waals surface area contributed by atoms with E-state index in [-0.39, 0.29) is 30.2 Å². The second-order valence-corrected chi connectivity index (χ2v) is 9.65. The average molecular weight is 503 g/mol. The first-order valence-corrected chi connectivity index (χ1v) is 11.9. The summed E-state index contributed by atoms with van der Waals surface area (Å²) in [6, 6.07) is 4.05. The number of carbonyl (C=O) groups excluding carboxylic acids is 4. The zero-order valence-corrected chi connectivity index (χ0v) is 21.9. The Bertz CT molecular complexity index is 995. The zero-order chi connectivity index (χ0) is 27.6. The monoisotopic (exact) mass is 502 g/mol. The fraction of sp³-hybridized carbons (Fsp3) is 0.538. The number of nitrogens with one attached hydrogen (secondary N) is 2. The molecule has 1 rings (SSSR count). The molecule has 0 saturated carbocycles. The Labute approximate surface area is 212 Å². The number of terminal acetylenes is 1. The highest BCUT2D eigenvalue weighted by atomic mass is 16.6. The molecule has 1 aromatic carbocycles. The third-order valence-electron chi connectivity index (χ3n) is 5.23. The third-order valence-corrected chi connectivity index (χ3v) is 5.23. The van der Waals surface area contributed by atoms with Crippen LogP contribution in [0.15, 0.2) is 18.2 Å². The number of alkyl carbamates (subject to hydrolysis) is 1. The molecule has 0 aliphatic carbocycles. The van der Waals surface area contributed by atoms with Gasteiger partial charge in [0.2, 0.25) is 11.8 Å². The lowest BCUT2D eigenvalue weighted by Crippen LogP contribution is -2.52. The van der Waals surface area contributed by atoms with Gasteiger partial charge in [0.1, 0.15) is 17.4 Å². The molecule has 0 aromatic heterocycles. The lowest BCUT2D eigenvalue weighted by Gasteiger charge is -2.31. The van der Waals surface area contributed by atoms with Crippen molar-refractivity contribution >= 4 is 23.8 Å². The number of hydrogen-bond acceptors (Lipinski definition) is 6. The summed E-state index contributed by atoms with van der Waals surface area (Å²) in [7, 11) is 0. The van der Waals surface area contributed by atoms with E-state index < -0.39 is 41.5 Å². The van der Waals surface area contributed by atoms with Crippen LogP contribution < -0.4 is 16.4 Å². The second-order valence-electron chi connectivity index (χ2n) is 9.65. The Morgan fingerprint density at radius 3 is 2.36 bits per heavy atom. The molecular formula is C26H38N4O6. The second kappa shape index (κ2) is 13.4. The van der Waals surface area contributed by atoms with Gasteiger partial charge in [0, 0.05) is 24.1 Å². The number of aryl methyl sites for hydroxylation is 1. The predicted molar refractivity (Wildman–Crippen MR) is 135 cm³/mol. The molecule has 4 amide bonds. The van der Waals surface area contributed by atoms with E-state index in [1.165, 1.54) is 6.07 Å². The van der Waals surface area contributed by atoms with Gasteiger partial charge in [-0.05, 0) is 53.0 Å². The molecule has 0 radical (unpaired) electrons. The van der Waals surface area contributed by atoms with Gasteiger partial charge in [-0.15, -0.1) is 0 Å². The van der Waals surface area contributed by atoms with Crippen molar-refractivity contribution in [2.45, 2.75) is 91.0 Å². The number of para-hydroxylation sites is 1. The van der Waals surface area contributed by atoms with E-state index in [1.54, 1.807) is 39.8 Å². The van der Waals surface area contributed by atoms with Crippen molar-refractivity contribution in [3.63, 3.8) is 0 Å². The first-order chi connectivity index (χ1) is 16.7. The number of aromatic hydroxyl groups is 1. The maximum absolute atomic E-state index is 13.6. The molecule has 0 bridgehead atoms. The summed E-state index contributed by atoms with van der Waals surface area (Å²) < 4.78 is 5.24. The number of nitrogens with two attached hydrogens (primary N) is 1. The molecule has 5 N–H and O–H groups in total. The molecule has 10 heteroatoms. The number of phenols is 1. The summed E-state index contributed by atoms with van der Waals surface area (Å²) in [4.78, 5) is 51.7. The van der Waals surface area contributed by atoms with Gasteiger partial charge in [-0.25, -0.2) is 4.79 Å². The van der Waals surface area contributed by atoms with Crippen molar-refractivity contribution in [3.8, 4) is 18.2 Å². The number of phenolic OH excluding ortho intramolecular Hbond substituents is 1. The Morgan fingerprint density at radius 2 is 1.83 bits per heavy atom. The number of nitrogens with zero attached hydrogens (tertiary/aromatic N) is 1. The first kappa shape index (κ1) is 30.3. The molecule has 198 valence electrons. The van der Waals surface area contributed by atoms with Crippen LogP contribution >= 0.6 is 0 Å². The van der Waals surface area contributed by atoms with Gasteiger partial charge in [-0.3, -0.25) is 19.3 Å². The van der Waals surface area contributed by atoms with E-state index in [0.29, 0.717) is 12.0 Å². The van der Waals surface area contributed by atoms with Crippen LogP contribution in [0.25, 0.3) is 0 Å². The lowest BCUT2D eigenvalue weighted by atomic mass is 9.98. The molecule has 0 fully saturated rings. The van der Waals surface area contributed by atoms with E-state index in [9.17, 15) is 24.3 Å². The number of ether oxygens (including phenoxy) is 1. The summed E-state index contributed by atoms with van der Waals surface area (Å²) >= 11 is 0. The minimum Gasteiger partial charge on any atom is -0.507 e. The average Bonchev–Trinajstić information content (AvgIpc) is 2.75.